The first-order valence-electron chi connectivity index (χ1n) is 3.91. The van der Waals surface area contributed by atoms with Crippen LogP contribution in [0, 0.1) is 0 Å². The number of aliphatic hydroxyl groups excluding tert-OH is 1. The van der Waals surface area contributed by atoms with E-state index < -0.39 is 13.9 Å². The van der Waals surface area contributed by atoms with Gasteiger partial charge in [0, 0.05) is 6.92 Å². The van der Waals surface area contributed by atoms with Gasteiger partial charge in [-0.1, -0.05) is 0 Å². The zero-order valence-electron chi connectivity index (χ0n) is 8.15. The minimum atomic E-state index is -1.90. The highest BCUT2D eigenvalue weighted by Gasteiger charge is 2.25. The van der Waals surface area contributed by atoms with Crippen molar-refractivity contribution in [2.45, 2.75) is 12.8 Å². The quantitative estimate of drug-likeness (QED) is 0.521. The summed E-state index contributed by atoms with van der Waals surface area (Å²) in [6.07, 6.45) is 0. The van der Waals surface area contributed by atoms with Gasteiger partial charge in [0.1, 0.15) is 6.54 Å². The van der Waals surface area contributed by atoms with Gasteiger partial charge in [-0.3, -0.25) is 0 Å². The van der Waals surface area contributed by atoms with Gasteiger partial charge < -0.3 is 9.59 Å². The first kappa shape index (κ1) is 12.0. The average Bonchev–Trinajstić information content (AvgIpc) is 1.84. The maximum absolute atomic E-state index is 10.9. The van der Waals surface area contributed by atoms with E-state index >= 15 is 0 Å². The molecule has 2 atom stereocenters. The lowest BCUT2D eigenvalue weighted by Crippen LogP contribution is -2.37. The lowest BCUT2D eigenvalue weighted by Gasteiger charge is -2.22. The Bertz CT molecular complexity index is 153. The minimum absolute atomic E-state index is 0.420. The molecule has 0 rings (SSSR count). The highest BCUT2D eigenvalue weighted by molar-refractivity contribution is 7.39. The molecule has 0 heterocycles. The SMILES string of the molecule is CC(O)[P+](=O)OCC[N+](C)(C)C. The number of nitrogens with zero attached hydrogens (tertiary/aromatic N) is 1. The molecule has 12 heavy (non-hydrogen) atoms. The average molecular weight is 195 g/mol. The molecule has 0 saturated heterocycles. The van der Waals surface area contributed by atoms with E-state index in [1.165, 1.54) is 6.92 Å². The molecule has 0 fully saturated rings. The third kappa shape index (κ3) is 6.68. The van der Waals surface area contributed by atoms with Crippen molar-refractivity contribution in [3.63, 3.8) is 0 Å². The van der Waals surface area contributed by atoms with E-state index in [2.05, 4.69) is 0 Å². The summed E-state index contributed by atoms with van der Waals surface area (Å²) in [6, 6.07) is 0. The molecule has 0 aliphatic carbocycles. The Hall–Kier alpha value is -0.0200. The van der Waals surface area contributed by atoms with Crippen LogP contribution in [0.2, 0.25) is 0 Å². The van der Waals surface area contributed by atoms with Gasteiger partial charge in [0.2, 0.25) is 0 Å². The molecule has 0 radical (unpaired) electrons. The molecule has 0 aliphatic rings. The lowest BCUT2D eigenvalue weighted by atomic mass is 10.5. The van der Waals surface area contributed by atoms with Crippen molar-refractivity contribution in [1.29, 1.82) is 0 Å². The molecule has 5 heteroatoms. The standard InChI is InChI=1S/C7H18NO3P/c1-7(9)12(10)11-6-5-8(2,3)4/h7,9H,5-6H2,1-4H3/q+2. The van der Waals surface area contributed by atoms with Gasteiger partial charge in [-0.05, 0) is 4.57 Å². The Balaban J connectivity index is 3.51. The van der Waals surface area contributed by atoms with Crippen LogP contribution in [-0.2, 0) is 9.09 Å². The molecule has 0 aromatic heterocycles. The number of rotatable bonds is 5. The smallest absolute Gasteiger partial charge is 0.349 e. The highest BCUT2D eigenvalue weighted by Crippen LogP contribution is 2.26. The van der Waals surface area contributed by atoms with E-state index in [-0.39, 0.29) is 0 Å². The molecule has 0 aromatic rings. The van der Waals surface area contributed by atoms with Crippen molar-refractivity contribution in [3.05, 3.63) is 0 Å². The first-order chi connectivity index (χ1) is 5.33. The van der Waals surface area contributed by atoms with E-state index in [0.29, 0.717) is 6.61 Å². The third-order valence-corrected chi connectivity index (χ3v) is 2.33. The third-order valence-electron chi connectivity index (χ3n) is 1.29. The molecule has 0 spiro atoms. The van der Waals surface area contributed by atoms with Crippen molar-refractivity contribution in [3.8, 4) is 0 Å². The van der Waals surface area contributed by atoms with Crippen molar-refractivity contribution >= 4 is 8.03 Å². The van der Waals surface area contributed by atoms with Crippen LogP contribution in [0.15, 0.2) is 0 Å². The monoisotopic (exact) mass is 195 g/mol. The van der Waals surface area contributed by atoms with Crippen LogP contribution in [0.4, 0.5) is 0 Å². The first-order valence-corrected chi connectivity index (χ1v) is 5.15. The molecule has 0 aromatic carbocycles. The summed E-state index contributed by atoms with van der Waals surface area (Å²) >= 11 is 0. The number of quaternary nitrogens is 1. The summed E-state index contributed by atoms with van der Waals surface area (Å²) in [5, 5.41) is 8.84. The summed E-state index contributed by atoms with van der Waals surface area (Å²) in [6.45, 7) is 2.67. The maximum Gasteiger partial charge on any atom is 0.540 e. The summed E-state index contributed by atoms with van der Waals surface area (Å²) < 4.78 is 16.6. The fourth-order valence-electron chi connectivity index (χ4n) is 0.513. The Morgan fingerprint density at radius 3 is 2.33 bits per heavy atom. The molecular formula is C7H18NO3P+2. The predicted molar refractivity (Wildman–Crippen MR) is 48.1 cm³/mol. The maximum atomic E-state index is 10.9. The normalized spacial score (nSPS) is 15.9. The molecule has 0 saturated carbocycles. The Labute approximate surface area is 74.6 Å². The minimum Gasteiger partial charge on any atom is -0.349 e. The van der Waals surface area contributed by atoms with Crippen LogP contribution < -0.4 is 0 Å². The van der Waals surface area contributed by atoms with E-state index in [0.717, 1.165) is 11.0 Å². The topological polar surface area (TPSA) is 46.5 Å². The van der Waals surface area contributed by atoms with E-state index in [1.807, 2.05) is 21.1 Å². The van der Waals surface area contributed by atoms with Crippen LogP contribution >= 0.6 is 8.03 Å². The Kier molecular flexibility index (Phi) is 4.87. The second-order valence-electron chi connectivity index (χ2n) is 3.76. The van der Waals surface area contributed by atoms with E-state index in [1.54, 1.807) is 0 Å². The van der Waals surface area contributed by atoms with Gasteiger partial charge >= 0.3 is 8.03 Å². The van der Waals surface area contributed by atoms with Gasteiger partial charge in [0.05, 0.1) is 21.1 Å². The van der Waals surface area contributed by atoms with Crippen molar-refractivity contribution in [2.75, 3.05) is 34.3 Å². The molecule has 0 amide bonds. The molecule has 0 aliphatic heterocycles. The zero-order valence-corrected chi connectivity index (χ0v) is 9.04. The van der Waals surface area contributed by atoms with Gasteiger partial charge in [-0.15, -0.1) is 4.52 Å². The predicted octanol–water partition coefficient (Wildman–Crippen LogP) is 0.790. The van der Waals surface area contributed by atoms with Gasteiger partial charge in [0.25, 0.3) is 5.85 Å². The van der Waals surface area contributed by atoms with Gasteiger partial charge in [0.15, 0.2) is 6.61 Å². The number of hydrogen-bond donors (Lipinski definition) is 1. The summed E-state index contributed by atoms with van der Waals surface area (Å²) in [5.74, 6) is -0.868. The summed E-state index contributed by atoms with van der Waals surface area (Å²) in [5.41, 5.74) is 0. The largest absolute Gasteiger partial charge is 0.540 e. The van der Waals surface area contributed by atoms with Crippen LogP contribution in [0.3, 0.4) is 0 Å². The number of hydrogen-bond acceptors (Lipinski definition) is 3. The van der Waals surface area contributed by atoms with Crippen LogP contribution in [-0.4, -0.2) is 49.7 Å². The van der Waals surface area contributed by atoms with Crippen LogP contribution in [0.5, 0.6) is 0 Å². The zero-order chi connectivity index (χ0) is 9.78. The second kappa shape index (κ2) is 4.87. The molecule has 1 N–H and O–H groups in total. The summed E-state index contributed by atoms with van der Waals surface area (Å²) in [7, 11) is 4.18. The molecule has 0 bridgehead atoms. The van der Waals surface area contributed by atoms with Gasteiger partial charge in [-0.25, -0.2) is 0 Å². The van der Waals surface area contributed by atoms with Crippen molar-refractivity contribution < 1.29 is 18.7 Å². The number of aliphatic hydroxyl groups is 1. The molecule has 2 unspecified atom stereocenters. The molecular weight excluding hydrogens is 177 g/mol. The van der Waals surface area contributed by atoms with E-state index in [9.17, 15) is 4.57 Å². The van der Waals surface area contributed by atoms with Gasteiger partial charge in [-0.2, -0.15) is 0 Å². The summed E-state index contributed by atoms with van der Waals surface area (Å²) in [4.78, 5) is 0. The fourth-order valence-corrected chi connectivity index (χ4v) is 0.990. The second-order valence-corrected chi connectivity index (χ2v) is 5.34. The lowest BCUT2D eigenvalue weighted by molar-refractivity contribution is -0.870. The number of likely N-dealkylation sites (N-methyl/N-ethyl adjacent to an activating group) is 1. The van der Waals surface area contributed by atoms with Crippen LogP contribution in [0.25, 0.3) is 0 Å². The molecule has 72 valence electrons. The Morgan fingerprint density at radius 2 is 2.00 bits per heavy atom. The fraction of sp³-hybridized carbons (Fsp3) is 1.00. The Morgan fingerprint density at radius 1 is 1.50 bits per heavy atom. The van der Waals surface area contributed by atoms with Crippen molar-refractivity contribution in [2.24, 2.45) is 0 Å². The highest BCUT2D eigenvalue weighted by atomic mass is 31.1. The molecule has 4 nitrogen and oxygen atoms in total. The van der Waals surface area contributed by atoms with E-state index in [4.69, 9.17) is 9.63 Å². The van der Waals surface area contributed by atoms with Crippen LogP contribution in [0.1, 0.15) is 6.92 Å². The van der Waals surface area contributed by atoms with Crippen molar-refractivity contribution in [1.82, 2.24) is 0 Å².